The summed E-state index contributed by atoms with van der Waals surface area (Å²) in [6.45, 7) is 1.71. The van der Waals surface area contributed by atoms with E-state index >= 15 is 0 Å². The van der Waals surface area contributed by atoms with Crippen LogP contribution in [0, 0.1) is 0 Å². The average Bonchev–Trinajstić information content (AvgIpc) is 1.65. The van der Waals surface area contributed by atoms with Crippen molar-refractivity contribution in [3.8, 4) is 0 Å². The van der Waals surface area contributed by atoms with Crippen molar-refractivity contribution in [2.24, 2.45) is 5.73 Å². The van der Waals surface area contributed by atoms with Crippen LogP contribution >= 0.6 is 0 Å². The predicted octanol–water partition coefficient (Wildman–Crippen LogP) is -3.81. The molecule has 0 radical (unpaired) electrons. The Hall–Kier alpha value is -0.103. The van der Waals surface area contributed by atoms with Crippen LogP contribution < -0.4 is 29.7 Å². The standard InChI is InChI=1S/C5H11NO2.Li/c1-4(6)3-5(7)8-2;/h3-4,7H,6H2,1-2H3;/q;+1/p-1/b5-3+;/t4-;/m1./s1. The first-order valence-electron chi connectivity index (χ1n) is 2.35. The third kappa shape index (κ3) is 7.90. The topological polar surface area (TPSA) is 58.3 Å². The Morgan fingerprint density at radius 2 is 2.22 bits per heavy atom. The van der Waals surface area contributed by atoms with Gasteiger partial charge in [0, 0.05) is 12.0 Å². The molecular weight excluding hydrogens is 113 g/mol. The number of nitrogens with two attached hydrogens (primary N) is 1. The van der Waals surface area contributed by atoms with Gasteiger partial charge in [-0.05, 0) is 20.1 Å². The fourth-order valence-electron chi connectivity index (χ4n) is 0.283. The van der Waals surface area contributed by atoms with E-state index in [1.807, 2.05) is 0 Å². The zero-order valence-electron chi connectivity index (χ0n) is 6.05. The Labute approximate surface area is 67.1 Å². The maximum absolute atomic E-state index is 10.3. The van der Waals surface area contributed by atoms with Gasteiger partial charge in [0.15, 0.2) is 0 Å². The van der Waals surface area contributed by atoms with Crippen LogP contribution in [0.25, 0.3) is 0 Å². The molecule has 1 atom stereocenters. The van der Waals surface area contributed by atoms with Gasteiger partial charge >= 0.3 is 18.9 Å². The zero-order chi connectivity index (χ0) is 6.57. The molecule has 0 rings (SSSR count). The summed E-state index contributed by atoms with van der Waals surface area (Å²) in [5.74, 6) is -0.375. The second-order valence-corrected chi connectivity index (χ2v) is 1.55. The summed E-state index contributed by atoms with van der Waals surface area (Å²) in [4.78, 5) is 0. The van der Waals surface area contributed by atoms with Crippen LogP contribution in [-0.4, -0.2) is 13.2 Å². The van der Waals surface area contributed by atoms with E-state index in [1.165, 1.54) is 13.2 Å². The summed E-state index contributed by atoms with van der Waals surface area (Å²) in [7, 11) is 1.32. The minimum Gasteiger partial charge on any atom is -0.617 e. The van der Waals surface area contributed by atoms with Crippen molar-refractivity contribution >= 4 is 0 Å². The van der Waals surface area contributed by atoms with Crippen molar-refractivity contribution in [2.45, 2.75) is 13.0 Å². The largest absolute Gasteiger partial charge is 1.00 e. The van der Waals surface area contributed by atoms with Crippen LogP contribution in [0.5, 0.6) is 0 Å². The number of rotatable bonds is 2. The van der Waals surface area contributed by atoms with Gasteiger partial charge in [-0.1, -0.05) is 0 Å². The molecule has 3 nitrogen and oxygen atoms in total. The van der Waals surface area contributed by atoms with E-state index in [4.69, 9.17) is 5.73 Å². The number of hydrogen-bond donors (Lipinski definition) is 1. The maximum atomic E-state index is 10.3. The molecule has 0 aromatic rings. The molecule has 0 aliphatic carbocycles. The van der Waals surface area contributed by atoms with Crippen LogP contribution in [0.2, 0.25) is 0 Å². The summed E-state index contributed by atoms with van der Waals surface area (Å²) < 4.78 is 4.29. The van der Waals surface area contributed by atoms with Crippen molar-refractivity contribution in [1.82, 2.24) is 0 Å². The first-order chi connectivity index (χ1) is 3.66. The van der Waals surface area contributed by atoms with Crippen LogP contribution in [-0.2, 0) is 4.74 Å². The molecule has 0 heterocycles. The minimum absolute atomic E-state index is 0. The van der Waals surface area contributed by atoms with Crippen LogP contribution in [0.3, 0.4) is 0 Å². The number of ether oxygens (including phenoxy) is 1. The molecule has 0 bridgehead atoms. The summed E-state index contributed by atoms with van der Waals surface area (Å²) in [5, 5.41) is 10.3. The minimum atomic E-state index is -0.375. The Balaban J connectivity index is 0. The number of hydrogen-bond acceptors (Lipinski definition) is 3. The summed E-state index contributed by atoms with van der Waals surface area (Å²) in [6, 6.07) is -0.220. The predicted molar refractivity (Wildman–Crippen MR) is 28.7 cm³/mol. The first kappa shape index (κ1) is 11.7. The molecule has 4 heteroatoms. The molecule has 0 aliphatic heterocycles. The van der Waals surface area contributed by atoms with Crippen molar-refractivity contribution in [2.75, 3.05) is 7.11 Å². The van der Waals surface area contributed by atoms with Gasteiger partial charge in [-0.2, -0.15) is 0 Å². The molecule has 0 saturated heterocycles. The van der Waals surface area contributed by atoms with Crippen molar-refractivity contribution in [3.05, 3.63) is 12.0 Å². The first-order valence-corrected chi connectivity index (χ1v) is 2.35. The van der Waals surface area contributed by atoms with E-state index in [0.29, 0.717) is 0 Å². The van der Waals surface area contributed by atoms with E-state index in [9.17, 15) is 5.11 Å². The van der Waals surface area contributed by atoms with Crippen molar-refractivity contribution < 1.29 is 28.7 Å². The molecule has 0 saturated carbocycles. The zero-order valence-corrected chi connectivity index (χ0v) is 6.05. The van der Waals surface area contributed by atoms with Crippen molar-refractivity contribution in [3.63, 3.8) is 0 Å². The molecule has 2 N–H and O–H groups in total. The van der Waals surface area contributed by atoms with E-state index in [1.54, 1.807) is 6.92 Å². The Morgan fingerprint density at radius 3 is 2.33 bits per heavy atom. The van der Waals surface area contributed by atoms with Gasteiger partial charge in [0.05, 0.1) is 0 Å². The Kier molecular flexibility index (Phi) is 7.81. The van der Waals surface area contributed by atoms with Crippen molar-refractivity contribution in [1.29, 1.82) is 0 Å². The molecule has 0 amide bonds. The van der Waals surface area contributed by atoms with Gasteiger partial charge < -0.3 is 15.6 Å². The molecule has 48 valence electrons. The van der Waals surface area contributed by atoms with E-state index in [2.05, 4.69) is 4.74 Å². The van der Waals surface area contributed by atoms with Gasteiger partial charge in [-0.3, -0.25) is 0 Å². The molecule has 9 heavy (non-hydrogen) atoms. The second kappa shape index (κ2) is 6.02. The monoisotopic (exact) mass is 123 g/mol. The van der Waals surface area contributed by atoms with Gasteiger partial charge in [0.25, 0.3) is 0 Å². The molecule has 0 aromatic heterocycles. The summed E-state index contributed by atoms with van der Waals surface area (Å²) in [5.41, 5.74) is 5.21. The third-order valence-corrected chi connectivity index (χ3v) is 0.600. The molecule has 0 fully saturated rings. The molecule has 0 unspecified atom stereocenters. The van der Waals surface area contributed by atoms with Gasteiger partial charge in [0.2, 0.25) is 0 Å². The van der Waals surface area contributed by atoms with Crippen LogP contribution in [0.15, 0.2) is 12.0 Å². The maximum Gasteiger partial charge on any atom is 1.00 e. The molecule has 0 aliphatic rings. The van der Waals surface area contributed by atoms with Gasteiger partial charge in [-0.25, -0.2) is 0 Å². The van der Waals surface area contributed by atoms with Crippen LogP contribution in [0.1, 0.15) is 6.92 Å². The van der Waals surface area contributed by atoms with E-state index in [0.717, 1.165) is 0 Å². The third-order valence-electron chi connectivity index (χ3n) is 0.600. The quantitative estimate of drug-likeness (QED) is 0.302. The molecule has 0 aromatic carbocycles. The summed E-state index contributed by atoms with van der Waals surface area (Å²) in [6.07, 6.45) is 1.31. The Morgan fingerprint density at radius 1 is 1.78 bits per heavy atom. The number of methoxy groups -OCH3 is 1. The van der Waals surface area contributed by atoms with E-state index < -0.39 is 0 Å². The smallest absolute Gasteiger partial charge is 0.617 e. The average molecular weight is 123 g/mol. The normalized spacial score (nSPS) is 13.9. The fourth-order valence-corrected chi connectivity index (χ4v) is 0.283. The summed E-state index contributed by atoms with van der Waals surface area (Å²) >= 11 is 0. The fraction of sp³-hybridized carbons (Fsp3) is 0.600. The van der Waals surface area contributed by atoms with Gasteiger partial charge in [0.1, 0.15) is 0 Å². The SMILES string of the molecule is CO/C([O-])=C/[C@@H](C)N.[Li+]. The van der Waals surface area contributed by atoms with Gasteiger partial charge in [-0.15, -0.1) is 0 Å². The van der Waals surface area contributed by atoms with Crippen LogP contribution in [0.4, 0.5) is 0 Å². The molecule has 0 spiro atoms. The molecular formula is C5H10LiNO2. The second-order valence-electron chi connectivity index (χ2n) is 1.55. The Bertz CT molecular complexity index is 93.0. The van der Waals surface area contributed by atoms with E-state index in [-0.39, 0.29) is 30.8 Å².